The lowest BCUT2D eigenvalue weighted by molar-refractivity contribution is 0.00626. The van der Waals surface area contributed by atoms with Crippen LogP contribution in [0.4, 0.5) is 0 Å². The highest BCUT2D eigenvalue weighted by atomic mass is 16.6. The number of hydrogen-bond acceptors (Lipinski definition) is 4. The second kappa shape index (κ2) is 8.33. The van der Waals surface area contributed by atoms with Crippen molar-refractivity contribution in [2.75, 3.05) is 26.2 Å². The zero-order valence-electron chi connectivity index (χ0n) is 16.0. The summed E-state index contributed by atoms with van der Waals surface area (Å²) in [6, 6.07) is 0. The number of esters is 1. The van der Waals surface area contributed by atoms with Crippen LogP contribution in [-0.2, 0) is 4.74 Å². The molecule has 0 atom stereocenters. The number of nitrogens with one attached hydrogen (secondary N) is 2. The summed E-state index contributed by atoms with van der Waals surface area (Å²) in [7, 11) is 0. The van der Waals surface area contributed by atoms with Crippen LogP contribution < -0.4 is 5.32 Å². The van der Waals surface area contributed by atoms with E-state index < -0.39 is 11.6 Å². The van der Waals surface area contributed by atoms with Crippen LogP contribution >= 0.6 is 0 Å². The Balaban J connectivity index is 2.82. The summed E-state index contributed by atoms with van der Waals surface area (Å²) in [6.07, 6.45) is 0. The highest BCUT2D eigenvalue weighted by Gasteiger charge is 2.25. The lowest BCUT2D eigenvalue weighted by atomic mass is 10.1. The molecule has 1 rings (SSSR count). The summed E-state index contributed by atoms with van der Waals surface area (Å²) >= 11 is 0. The molecule has 0 bridgehead atoms. The predicted octanol–water partition coefficient (Wildman–Crippen LogP) is 2.66. The van der Waals surface area contributed by atoms with Gasteiger partial charge in [-0.25, -0.2) is 4.79 Å². The number of likely N-dealkylation sites (N-methyl/N-ethyl adjacent to an activating group) is 1. The molecule has 6 nitrogen and oxygen atoms in total. The number of amides is 1. The number of aromatic nitrogens is 1. The Morgan fingerprint density at radius 2 is 1.75 bits per heavy atom. The zero-order chi connectivity index (χ0) is 18.5. The summed E-state index contributed by atoms with van der Waals surface area (Å²) in [4.78, 5) is 30.0. The van der Waals surface area contributed by atoms with Gasteiger partial charge in [0.15, 0.2) is 0 Å². The second-order valence-electron chi connectivity index (χ2n) is 6.91. The molecular formula is C18H31N3O3. The van der Waals surface area contributed by atoms with Crippen LogP contribution in [0.5, 0.6) is 0 Å². The smallest absolute Gasteiger partial charge is 0.355 e. The lowest BCUT2D eigenvalue weighted by Gasteiger charge is -2.19. The number of aromatic amines is 1. The molecule has 136 valence electrons. The molecule has 0 aliphatic rings. The molecule has 0 aromatic carbocycles. The molecule has 6 heteroatoms. The van der Waals surface area contributed by atoms with Gasteiger partial charge in [0.25, 0.3) is 5.91 Å². The molecule has 0 saturated heterocycles. The van der Waals surface area contributed by atoms with Gasteiger partial charge < -0.3 is 19.9 Å². The van der Waals surface area contributed by atoms with Crippen molar-refractivity contribution in [2.24, 2.45) is 0 Å². The highest BCUT2D eigenvalue weighted by Crippen LogP contribution is 2.20. The first-order valence-electron chi connectivity index (χ1n) is 8.53. The minimum absolute atomic E-state index is 0.164. The van der Waals surface area contributed by atoms with Gasteiger partial charge in [0.1, 0.15) is 11.3 Å². The molecule has 24 heavy (non-hydrogen) atoms. The van der Waals surface area contributed by atoms with Gasteiger partial charge in [0.2, 0.25) is 0 Å². The van der Waals surface area contributed by atoms with Gasteiger partial charge in [-0.1, -0.05) is 13.8 Å². The maximum atomic E-state index is 12.5. The summed E-state index contributed by atoms with van der Waals surface area (Å²) in [5, 5.41) is 2.93. The normalized spacial score (nSPS) is 11.7. The molecule has 0 saturated carbocycles. The van der Waals surface area contributed by atoms with Gasteiger partial charge in [0, 0.05) is 18.8 Å². The van der Waals surface area contributed by atoms with Gasteiger partial charge >= 0.3 is 5.97 Å². The van der Waals surface area contributed by atoms with E-state index >= 15 is 0 Å². The Kier molecular flexibility index (Phi) is 7.02. The van der Waals surface area contributed by atoms with Crippen molar-refractivity contribution in [3.8, 4) is 0 Å². The van der Waals surface area contributed by atoms with E-state index in [1.54, 1.807) is 13.8 Å². The Morgan fingerprint density at radius 3 is 2.25 bits per heavy atom. The van der Waals surface area contributed by atoms with Gasteiger partial charge in [0.05, 0.1) is 5.56 Å². The molecule has 0 aliphatic heterocycles. The van der Waals surface area contributed by atoms with Crippen LogP contribution in [-0.4, -0.2) is 53.5 Å². The number of hydrogen-bond donors (Lipinski definition) is 2. The molecule has 0 aliphatic carbocycles. The number of H-pyrrole nitrogens is 1. The fraction of sp³-hybridized carbons (Fsp3) is 0.667. The van der Waals surface area contributed by atoms with Crippen LogP contribution in [0.25, 0.3) is 0 Å². The Hall–Kier alpha value is -1.82. The number of ether oxygens (including phenoxy) is 1. The van der Waals surface area contributed by atoms with Gasteiger partial charge in [-0.2, -0.15) is 0 Å². The maximum absolute atomic E-state index is 12.5. The average Bonchev–Trinajstić information content (AvgIpc) is 2.77. The van der Waals surface area contributed by atoms with Crippen molar-refractivity contribution in [1.29, 1.82) is 0 Å². The zero-order valence-corrected chi connectivity index (χ0v) is 16.0. The van der Waals surface area contributed by atoms with Crippen LogP contribution in [0.15, 0.2) is 0 Å². The lowest BCUT2D eigenvalue weighted by Crippen LogP contribution is -2.35. The van der Waals surface area contributed by atoms with E-state index in [2.05, 4.69) is 29.0 Å². The number of nitrogens with zero attached hydrogens (tertiary/aromatic N) is 1. The van der Waals surface area contributed by atoms with E-state index in [0.717, 1.165) is 19.6 Å². The Labute approximate surface area is 144 Å². The number of carbonyl (C=O) groups is 2. The SMILES string of the molecule is CCN(CC)CCNC(=O)c1c(C)[nH]c(C(=O)OC(C)(C)C)c1C. The summed E-state index contributed by atoms with van der Waals surface area (Å²) in [6.45, 7) is 16.5. The van der Waals surface area contributed by atoms with Crippen LogP contribution in [0, 0.1) is 13.8 Å². The molecule has 2 N–H and O–H groups in total. The largest absolute Gasteiger partial charge is 0.455 e. The molecule has 1 aromatic rings. The molecule has 0 fully saturated rings. The van der Waals surface area contributed by atoms with Crippen molar-refractivity contribution in [2.45, 2.75) is 54.1 Å². The molecule has 0 radical (unpaired) electrons. The standard InChI is InChI=1S/C18H31N3O3/c1-8-21(9-2)11-10-19-16(22)14-12(3)15(20-13(14)4)17(23)24-18(5,6)7/h20H,8-11H2,1-7H3,(H,19,22). The quantitative estimate of drug-likeness (QED) is 0.750. The maximum Gasteiger partial charge on any atom is 0.355 e. The van der Waals surface area contributed by atoms with Crippen molar-refractivity contribution in [3.63, 3.8) is 0 Å². The van der Waals surface area contributed by atoms with Crippen LogP contribution in [0.2, 0.25) is 0 Å². The van der Waals surface area contributed by atoms with Gasteiger partial charge in [-0.05, 0) is 53.3 Å². The molecule has 1 heterocycles. The van der Waals surface area contributed by atoms with Crippen molar-refractivity contribution >= 4 is 11.9 Å². The second-order valence-corrected chi connectivity index (χ2v) is 6.91. The third-order valence-corrected chi connectivity index (χ3v) is 3.88. The molecule has 1 amide bonds. The first-order valence-corrected chi connectivity index (χ1v) is 8.53. The monoisotopic (exact) mass is 337 g/mol. The first-order chi connectivity index (χ1) is 11.1. The average molecular weight is 337 g/mol. The number of aryl methyl sites for hydroxylation is 1. The summed E-state index contributed by atoms with van der Waals surface area (Å²) in [5.74, 6) is -0.603. The molecule has 1 aromatic heterocycles. The minimum Gasteiger partial charge on any atom is -0.455 e. The highest BCUT2D eigenvalue weighted by molar-refractivity contribution is 6.01. The van der Waals surface area contributed by atoms with Crippen LogP contribution in [0.1, 0.15) is 66.7 Å². The van der Waals surface area contributed by atoms with Crippen molar-refractivity contribution in [1.82, 2.24) is 15.2 Å². The number of rotatable bonds is 7. The Morgan fingerprint density at radius 1 is 1.17 bits per heavy atom. The van der Waals surface area contributed by atoms with E-state index in [9.17, 15) is 9.59 Å². The van der Waals surface area contributed by atoms with E-state index in [1.165, 1.54) is 0 Å². The van der Waals surface area contributed by atoms with E-state index in [-0.39, 0.29) is 5.91 Å². The van der Waals surface area contributed by atoms with Crippen molar-refractivity contribution in [3.05, 3.63) is 22.5 Å². The van der Waals surface area contributed by atoms with Gasteiger partial charge in [-0.15, -0.1) is 0 Å². The van der Waals surface area contributed by atoms with E-state index in [1.807, 2.05) is 20.8 Å². The molecule has 0 unspecified atom stereocenters. The van der Waals surface area contributed by atoms with E-state index in [0.29, 0.717) is 29.1 Å². The first kappa shape index (κ1) is 20.2. The fourth-order valence-electron chi connectivity index (χ4n) is 2.58. The number of carbonyl (C=O) groups excluding carboxylic acids is 2. The predicted molar refractivity (Wildman–Crippen MR) is 95.6 cm³/mol. The van der Waals surface area contributed by atoms with Crippen LogP contribution in [0.3, 0.4) is 0 Å². The molecule has 0 spiro atoms. The third-order valence-electron chi connectivity index (χ3n) is 3.88. The fourth-order valence-corrected chi connectivity index (χ4v) is 2.58. The molecular weight excluding hydrogens is 306 g/mol. The summed E-state index contributed by atoms with van der Waals surface area (Å²) < 4.78 is 5.39. The topological polar surface area (TPSA) is 74.4 Å². The van der Waals surface area contributed by atoms with E-state index in [4.69, 9.17) is 4.74 Å². The Bertz CT molecular complexity index is 581. The summed E-state index contributed by atoms with van der Waals surface area (Å²) in [5.41, 5.74) is 1.59. The van der Waals surface area contributed by atoms with Gasteiger partial charge in [-0.3, -0.25) is 4.79 Å². The third kappa shape index (κ3) is 5.37. The minimum atomic E-state index is -0.575. The van der Waals surface area contributed by atoms with Crippen molar-refractivity contribution < 1.29 is 14.3 Å².